The first-order chi connectivity index (χ1) is 14.7. The van der Waals surface area contributed by atoms with Crippen molar-refractivity contribution in [2.45, 2.75) is 32.2 Å². The summed E-state index contributed by atoms with van der Waals surface area (Å²) in [6, 6.07) is 10.1. The highest BCUT2D eigenvalue weighted by molar-refractivity contribution is 6.06. The lowest BCUT2D eigenvalue weighted by molar-refractivity contribution is 0.0952. The van der Waals surface area contributed by atoms with Crippen molar-refractivity contribution in [3.8, 4) is 0 Å². The van der Waals surface area contributed by atoms with Crippen LogP contribution >= 0.6 is 0 Å². The van der Waals surface area contributed by atoms with Gasteiger partial charge in [-0.25, -0.2) is 4.98 Å². The molecule has 2 N–H and O–H groups in total. The lowest BCUT2D eigenvalue weighted by Crippen LogP contribution is -2.44. The van der Waals surface area contributed by atoms with Crippen molar-refractivity contribution in [1.82, 2.24) is 20.2 Å². The highest BCUT2D eigenvalue weighted by Gasteiger charge is 2.19. The van der Waals surface area contributed by atoms with Crippen LogP contribution in [-0.2, 0) is 19.4 Å². The van der Waals surface area contributed by atoms with E-state index in [2.05, 4.69) is 44.3 Å². The Kier molecular flexibility index (Phi) is 5.17. The van der Waals surface area contributed by atoms with Crippen molar-refractivity contribution in [3.05, 3.63) is 58.9 Å². The minimum absolute atomic E-state index is 0.0304. The quantitative estimate of drug-likeness (QED) is 0.703. The van der Waals surface area contributed by atoms with E-state index in [0.29, 0.717) is 6.54 Å². The number of nitrogens with zero attached hydrogens (tertiary/aromatic N) is 3. The Bertz CT molecular complexity index is 1060. The fourth-order valence-corrected chi connectivity index (χ4v) is 4.68. The normalized spacial score (nSPS) is 17.2. The van der Waals surface area contributed by atoms with Crippen LogP contribution < -0.4 is 10.2 Å². The number of aromatic amines is 1. The van der Waals surface area contributed by atoms with Crippen molar-refractivity contribution >= 4 is 22.6 Å². The fourth-order valence-electron chi connectivity index (χ4n) is 4.68. The second kappa shape index (κ2) is 8.11. The molecule has 1 aromatic carbocycles. The molecule has 1 fully saturated rings. The number of fused-ring (bicyclic) bond motifs is 3. The highest BCUT2D eigenvalue weighted by atomic mass is 16.1. The third kappa shape index (κ3) is 3.67. The first-order valence-corrected chi connectivity index (χ1v) is 11.0. The number of anilines is 1. The number of hydrogen-bond acceptors (Lipinski definition) is 4. The number of aromatic nitrogens is 2. The van der Waals surface area contributed by atoms with Gasteiger partial charge in [0.15, 0.2) is 0 Å². The lowest BCUT2D eigenvalue weighted by Gasteiger charge is -2.33. The second-order valence-electron chi connectivity index (χ2n) is 8.51. The van der Waals surface area contributed by atoms with Gasteiger partial charge in [0, 0.05) is 50.0 Å². The number of rotatable bonds is 4. The fraction of sp³-hybridized carbons (Fsp3) is 0.417. The van der Waals surface area contributed by atoms with Gasteiger partial charge >= 0.3 is 0 Å². The van der Waals surface area contributed by atoms with E-state index in [0.717, 1.165) is 61.5 Å². The molecule has 0 radical (unpaired) electrons. The van der Waals surface area contributed by atoms with Crippen molar-refractivity contribution in [1.29, 1.82) is 0 Å². The maximum absolute atomic E-state index is 13.0. The maximum atomic E-state index is 13.0. The van der Waals surface area contributed by atoms with Gasteiger partial charge in [-0.1, -0.05) is 12.1 Å². The number of benzene rings is 1. The second-order valence-corrected chi connectivity index (χ2v) is 8.51. The van der Waals surface area contributed by atoms with Crippen molar-refractivity contribution < 1.29 is 4.79 Å². The number of carbonyl (C=O) groups excluding carboxylic acids is 1. The number of carbonyl (C=O) groups is 1. The Morgan fingerprint density at radius 3 is 2.83 bits per heavy atom. The molecule has 1 aliphatic carbocycles. The lowest BCUT2D eigenvalue weighted by atomic mass is 9.95. The Morgan fingerprint density at radius 2 is 1.97 bits per heavy atom. The minimum Gasteiger partial charge on any atom is -0.358 e. The molecule has 0 spiro atoms. The van der Waals surface area contributed by atoms with Crippen LogP contribution in [0.3, 0.4) is 0 Å². The summed E-state index contributed by atoms with van der Waals surface area (Å²) in [6.07, 6.45) is 6.48. The van der Waals surface area contributed by atoms with Gasteiger partial charge in [0.25, 0.3) is 5.91 Å². The summed E-state index contributed by atoms with van der Waals surface area (Å²) < 4.78 is 0. The van der Waals surface area contributed by atoms with Gasteiger partial charge in [0.2, 0.25) is 0 Å². The number of aryl methyl sites for hydroxylation is 2. The number of H-pyrrole nitrogens is 1. The number of likely N-dealkylation sites (N-methyl/N-ethyl adjacent to an activating group) is 1. The van der Waals surface area contributed by atoms with Crippen LogP contribution in [0.15, 0.2) is 36.5 Å². The molecule has 0 unspecified atom stereocenters. The number of pyridine rings is 1. The molecule has 6 heteroatoms. The van der Waals surface area contributed by atoms with Crippen LogP contribution in [0.1, 0.15) is 40.0 Å². The predicted octanol–water partition coefficient (Wildman–Crippen LogP) is 3.12. The number of hydrogen-bond donors (Lipinski definition) is 2. The Labute approximate surface area is 177 Å². The van der Waals surface area contributed by atoms with Gasteiger partial charge in [-0.15, -0.1) is 0 Å². The molecular weight excluding hydrogens is 374 g/mol. The molecule has 156 valence electrons. The van der Waals surface area contributed by atoms with Gasteiger partial charge in [-0.05, 0) is 62.1 Å². The zero-order valence-electron chi connectivity index (χ0n) is 17.6. The maximum Gasteiger partial charge on any atom is 0.253 e. The highest BCUT2D eigenvalue weighted by Crippen LogP contribution is 2.30. The number of nitrogens with one attached hydrogen (secondary N) is 2. The van der Waals surface area contributed by atoms with Crippen LogP contribution in [0.5, 0.6) is 0 Å². The van der Waals surface area contributed by atoms with E-state index < -0.39 is 0 Å². The number of para-hydroxylation sites is 1. The van der Waals surface area contributed by atoms with Crippen LogP contribution in [-0.4, -0.2) is 54.0 Å². The summed E-state index contributed by atoms with van der Waals surface area (Å²) in [7, 11) is 2.15. The van der Waals surface area contributed by atoms with Crippen LogP contribution in [0.2, 0.25) is 0 Å². The van der Waals surface area contributed by atoms with E-state index in [9.17, 15) is 4.79 Å². The molecule has 6 nitrogen and oxygen atoms in total. The molecule has 2 aromatic heterocycles. The van der Waals surface area contributed by atoms with Gasteiger partial charge in [-0.3, -0.25) is 4.79 Å². The number of amides is 1. The van der Waals surface area contributed by atoms with Crippen molar-refractivity contribution in [2.24, 2.45) is 0 Å². The molecule has 30 heavy (non-hydrogen) atoms. The third-order valence-corrected chi connectivity index (χ3v) is 6.47. The monoisotopic (exact) mass is 403 g/mol. The standard InChI is InChI=1S/C24H29N5O/c1-28-11-13-29(14-12-28)22-15-17(9-10-25-22)16-26-24(30)20-7-4-6-19-18-5-2-3-8-21(18)27-23(19)20/h4,6-7,9-10,15,27H,2-3,5,8,11-14,16H2,1H3,(H,26,30). The molecule has 3 aromatic rings. The molecule has 0 bridgehead atoms. The molecule has 1 saturated heterocycles. The largest absolute Gasteiger partial charge is 0.358 e. The zero-order chi connectivity index (χ0) is 20.5. The molecule has 5 rings (SSSR count). The van der Waals surface area contributed by atoms with E-state index in [1.807, 2.05) is 24.4 Å². The van der Waals surface area contributed by atoms with Crippen LogP contribution in [0.25, 0.3) is 10.9 Å². The van der Waals surface area contributed by atoms with Gasteiger partial charge in [0.1, 0.15) is 5.82 Å². The predicted molar refractivity (Wildman–Crippen MR) is 120 cm³/mol. The molecule has 0 atom stereocenters. The van der Waals surface area contributed by atoms with E-state index in [1.165, 1.54) is 29.5 Å². The summed E-state index contributed by atoms with van der Waals surface area (Å²) in [4.78, 5) is 25.7. The van der Waals surface area contributed by atoms with Crippen LogP contribution in [0, 0.1) is 0 Å². The van der Waals surface area contributed by atoms with E-state index in [4.69, 9.17) is 0 Å². The van der Waals surface area contributed by atoms with Crippen LogP contribution in [0.4, 0.5) is 5.82 Å². The summed E-state index contributed by atoms with van der Waals surface area (Å²) >= 11 is 0. The molecule has 0 saturated carbocycles. The average Bonchev–Trinajstić information content (AvgIpc) is 3.17. The van der Waals surface area contributed by atoms with Gasteiger partial charge in [0.05, 0.1) is 11.1 Å². The molecular formula is C24H29N5O. The first kappa shape index (κ1) is 19.1. The van der Waals surface area contributed by atoms with E-state index in [1.54, 1.807) is 0 Å². The SMILES string of the molecule is CN1CCN(c2cc(CNC(=O)c3cccc4c5c([nH]c34)CCCC5)ccn2)CC1. The van der Waals surface area contributed by atoms with Crippen molar-refractivity contribution in [2.75, 3.05) is 38.1 Å². The Balaban J connectivity index is 1.31. The zero-order valence-corrected chi connectivity index (χ0v) is 17.6. The smallest absolute Gasteiger partial charge is 0.253 e. The molecule has 1 aliphatic heterocycles. The molecule has 1 amide bonds. The summed E-state index contributed by atoms with van der Waals surface area (Å²) in [5, 5.41) is 4.32. The first-order valence-electron chi connectivity index (χ1n) is 11.0. The van der Waals surface area contributed by atoms with E-state index in [-0.39, 0.29) is 5.91 Å². The third-order valence-electron chi connectivity index (χ3n) is 6.47. The topological polar surface area (TPSA) is 64.3 Å². The summed E-state index contributed by atoms with van der Waals surface area (Å²) in [5.41, 5.74) is 5.49. The summed E-state index contributed by atoms with van der Waals surface area (Å²) in [5.74, 6) is 0.964. The molecule has 2 aliphatic rings. The van der Waals surface area contributed by atoms with Gasteiger partial charge < -0.3 is 20.1 Å². The Hall–Kier alpha value is -2.86. The van der Waals surface area contributed by atoms with Crippen molar-refractivity contribution in [3.63, 3.8) is 0 Å². The average molecular weight is 404 g/mol. The Morgan fingerprint density at radius 1 is 1.13 bits per heavy atom. The number of piperazine rings is 1. The van der Waals surface area contributed by atoms with E-state index >= 15 is 0 Å². The van der Waals surface area contributed by atoms with Gasteiger partial charge in [-0.2, -0.15) is 0 Å². The molecule has 3 heterocycles. The summed E-state index contributed by atoms with van der Waals surface area (Å²) in [6.45, 7) is 4.57. The minimum atomic E-state index is -0.0304.